The highest BCUT2D eigenvalue weighted by Crippen LogP contribution is 2.19. The van der Waals surface area contributed by atoms with Gasteiger partial charge < -0.3 is 15.0 Å². The van der Waals surface area contributed by atoms with Gasteiger partial charge in [0.05, 0.1) is 23.7 Å². The Kier molecular flexibility index (Phi) is 3.06. The van der Waals surface area contributed by atoms with Crippen molar-refractivity contribution >= 4 is 11.0 Å². The van der Waals surface area contributed by atoms with Crippen LogP contribution in [0.15, 0.2) is 24.3 Å². The van der Waals surface area contributed by atoms with Crippen LogP contribution >= 0.6 is 0 Å². The number of nitrogens with one attached hydrogen (secondary N) is 1. The molecule has 1 aromatic carbocycles. The Morgan fingerprint density at radius 3 is 3.00 bits per heavy atom. The summed E-state index contributed by atoms with van der Waals surface area (Å²) in [5.41, 5.74) is 2.10. The predicted molar refractivity (Wildman–Crippen MR) is 71.5 cm³/mol. The zero-order valence-corrected chi connectivity index (χ0v) is 10.6. The van der Waals surface area contributed by atoms with Crippen LogP contribution in [0.5, 0.6) is 0 Å². The Morgan fingerprint density at radius 1 is 1.44 bits per heavy atom. The molecule has 3 rings (SSSR count). The van der Waals surface area contributed by atoms with Crippen molar-refractivity contribution in [3.63, 3.8) is 0 Å². The topological polar surface area (TPSA) is 50.1 Å². The normalized spacial score (nSPS) is 17.2. The van der Waals surface area contributed by atoms with Crippen molar-refractivity contribution in [2.24, 2.45) is 0 Å². The first-order valence-corrected chi connectivity index (χ1v) is 6.57. The van der Waals surface area contributed by atoms with Gasteiger partial charge in [-0.25, -0.2) is 4.98 Å². The Labute approximate surface area is 107 Å². The van der Waals surface area contributed by atoms with Crippen molar-refractivity contribution < 1.29 is 5.11 Å². The van der Waals surface area contributed by atoms with E-state index in [4.69, 9.17) is 0 Å². The smallest absolute Gasteiger partial charge is 0.106 e. The molecule has 0 radical (unpaired) electrons. The van der Waals surface area contributed by atoms with Crippen LogP contribution in [0, 0.1) is 6.92 Å². The lowest BCUT2D eigenvalue weighted by Crippen LogP contribution is -2.31. The Bertz CT molecular complexity index is 545. The molecule has 1 aliphatic rings. The molecule has 1 heterocycles. The molecule has 4 heteroatoms. The monoisotopic (exact) mass is 245 g/mol. The van der Waals surface area contributed by atoms with E-state index in [-0.39, 0.29) is 6.10 Å². The fraction of sp³-hybridized carbons (Fsp3) is 0.500. The zero-order chi connectivity index (χ0) is 12.5. The highest BCUT2D eigenvalue weighted by atomic mass is 16.3. The number of para-hydroxylation sites is 2. The van der Waals surface area contributed by atoms with Gasteiger partial charge in [-0.3, -0.25) is 0 Å². The summed E-state index contributed by atoms with van der Waals surface area (Å²) in [6, 6.07) is 8.70. The van der Waals surface area contributed by atoms with Crippen molar-refractivity contribution in [3.05, 3.63) is 30.1 Å². The van der Waals surface area contributed by atoms with Gasteiger partial charge >= 0.3 is 0 Å². The van der Waals surface area contributed by atoms with Crippen LogP contribution in [-0.4, -0.2) is 33.3 Å². The van der Waals surface area contributed by atoms with Gasteiger partial charge in [0.15, 0.2) is 0 Å². The van der Waals surface area contributed by atoms with Crippen molar-refractivity contribution in [1.29, 1.82) is 0 Å². The fourth-order valence-electron chi connectivity index (χ4n) is 2.29. The minimum atomic E-state index is -0.359. The average molecular weight is 245 g/mol. The van der Waals surface area contributed by atoms with Crippen LogP contribution in [0.1, 0.15) is 18.7 Å². The van der Waals surface area contributed by atoms with Crippen LogP contribution in [0.4, 0.5) is 0 Å². The Morgan fingerprint density at radius 2 is 2.22 bits per heavy atom. The molecule has 1 aromatic heterocycles. The van der Waals surface area contributed by atoms with Gasteiger partial charge in [-0.15, -0.1) is 0 Å². The van der Waals surface area contributed by atoms with Crippen molar-refractivity contribution in [1.82, 2.24) is 14.9 Å². The summed E-state index contributed by atoms with van der Waals surface area (Å²) in [5, 5.41) is 13.4. The first-order chi connectivity index (χ1) is 8.74. The number of rotatable bonds is 5. The number of fused-ring (bicyclic) bond motifs is 1. The summed E-state index contributed by atoms with van der Waals surface area (Å²) >= 11 is 0. The summed E-state index contributed by atoms with van der Waals surface area (Å²) < 4.78 is 2.09. The molecule has 0 aliphatic heterocycles. The highest BCUT2D eigenvalue weighted by Gasteiger charge is 2.21. The number of hydrogen-bond acceptors (Lipinski definition) is 3. The number of aryl methyl sites for hydroxylation is 1. The second-order valence-electron chi connectivity index (χ2n) is 5.09. The molecule has 1 atom stereocenters. The molecule has 0 saturated heterocycles. The molecule has 18 heavy (non-hydrogen) atoms. The van der Waals surface area contributed by atoms with Gasteiger partial charge in [0.1, 0.15) is 5.82 Å². The van der Waals surface area contributed by atoms with E-state index in [2.05, 4.69) is 20.9 Å². The van der Waals surface area contributed by atoms with E-state index in [0.29, 0.717) is 19.1 Å². The maximum Gasteiger partial charge on any atom is 0.106 e. The van der Waals surface area contributed by atoms with Crippen molar-refractivity contribution in [3.8, 4) is 0 Å². The lowest BCUT2D eigenvalue weighted by molar-refractivity contribution is 0.151. The van der Waals surface area contributed by atoms with Gasteiger partial charge in [0, 0.05) is 12.6 Å². The van der Waals surface area contributed by atoms with Crippen LogP contribution in [-0.2, 0) is 6.54 Å². The highest BCUT2D eigenvalue weighted by molar-refractivity contribution is 5.75. The molecular formula is C14H19N3O. The Hall–Kier alpha value is -1.39. The minimum absolute atomic E-state index is 0.359. The van der Waals surface area contributed by atoms with Crippen LogP contribution in [0.2, 0.25) is 0 Å². The van der Waals surface area contributed by atoms with Gasteiger partial charge in [-0.05, 0) is 31.9 Å². The molecule has 0 spiro atoms. The summed E-state index contributed by atoms with van der Waals surface area (Å²) in [6.07, 6.45) is 2.14. The first kappa shape index (κ1) is 11.7. The third-order valence-corrected chi connectivity index (χ3v) is 3.46. The number of aliphatic hydroxyl groups excluding tert-OH is 1. The van der Waals surface area contributed by atoms with Crippen LogP contribution in [0.25, 0.3) is 11.0 Å². The second-order valence-corrected chi connectivity index (χ2v) is 5.09. The molecule has 0 bridgehead atoms. The number of aromatic nitrogens is 2. The molecule has 1 saturated carbocycles. The van der Waals surface area contributed by atoms with Gasteiger partial charge in [-0.2, -0.15) is 0 Å². The lowest BCUT2D eigenvalue weighted by atomic mass is 10.3. The largest absolute Gasteiger partial charge is 0.390 e. The fourth-order valence-corrected chi connectivity index (χ4v) is 2.29. The summed E-state index contributed by atoms with van der Waals surface area (Å²) in [4.78, 5) is 4.51. The van der Waals surface area contributed by atoms with E-state index in [9.17, 15) is 5.11 Å². The molecule has 0 amide bonds. The standard InChI is InChI=1S/C14H19N3O/c1-10-16-13-4-2-3-5-14(13)17(10)9-12(18)8-15-11-6-7-11/h2-5,11-12,15,18H,6-9H2,1H3. The SMILES string of the molecule is Cc1nc2ccccc2n1CC(O)CNC1CC1. The molecule has 1 fully saturated rings. The van der Waals surface area contributed by atoms with E-state index < -0.39 is 0 Å². The summed E-state index contributed by atoms with van der Waals surface area (Å²) in [6.45, 7) is 3.25. The predicted octanol–water partition coefficient (Wildman–Crippen LogP) is 1.46. The third-order valence-electron chi connectivity index (χ3n) is 3.46. The minimum Gasteiger partial charge on any atom is -0.390 e. The number of nitrogens with zero attached hydrogens (tertiary/aromatic N) is 2. The molecule has 2 aromatic rings. The van der Waals surface area contributed by atoms with E-state index >= 15 is 0 Å². The number of benzene rings is 1. The summed E-state index contributed by atoms with van der Waals surface area (Å²) in [7, 11) is 0. The quantitative estimate of drug-likeness (QED) is 0.838. The molecule has 96 valence electrons. The van der Waals surface area contributed by atoms with E-state index in [1.807, 2.05) is 25.1 Å². The third kappa shape index (κ3) is 2.40. The Balaban J connectivity index is 1.74. The number of aliphatic hydroxyl groups is 1. The number of hydrogen-bond donors (Lipinski definition) is 2. The van der Waals surface area contributed by atoms with Crippen LogP contribution < -0.4 is 5.32 Å². The molecule has 1 unspecified atom stereocenters. The molecule has 4 nitrogen and oxygen atoms in total. The van der Waals surface area contributed by atoms with E-state index in [1.54, 1.807) is 0 Å². The van der Waals surface area contributed by atoms with Gasteiger partial charge in [0.25, 0.3) is 0 Å². The average Bonchev–Trinajstić information content (AvgIpc) is 3.14. The number of imidazole rings is 1. The molecule has 1 aliphatic carbocycles. The maximum absolute atomic E-state index is 10.1. The van der Waals surface area contributed by atoms with Crippen LogP contribution in [0.3, 0.4) is 0 Å². The lowest BCUT2D eigenvalue weighted by Gasteiger charge is -2.14. The van der Waals surface area contributed by atoms with E-state index in [0.717, 1.165) is 16.9 Å². The van der Waals surface area contributed by atoms with E-state index in [1.165, 1.54) is 12.8 Å². The van der Waals surface area contributed by atoms with Crippen molar-refractivity contribution in [2.45, 2.75) is 38.5 Å². The first-order valence-electron chi connectivity index (χ1n) is 6.57. The van der Waals surface area contributed by atoms with Gasteiger partial charge in [-0.1, -0.05) is 12.1 Å². The molecular weight excluding hydrogens is 226 g/mol. The zero-order valence-electron chi connectivity index (χ0n) is 10.6. The van der Waals surface area contributed by atoms with Crippen molar-refractivity contribution in [2.75, 3.05) is 6.54 Å². The summed E-state index contributed by atoms with van der Waals surface area (Å²) in [5.74, 6) is 0.960. The van der Waals surface area contributed by atoms with Gasteiger partial charge in [0.2, 0.25) is 0 Å². The maximum atomic E-state index is 10.1. The second kappa shape index (κ2) is 4.71. The molecule has 2 N–H and O–H groups in total.